The molecule has 1 aromatic rings. The minimum atomic E-state index is -5.55. The standard InChI is InChI=1S/C9H6F5I/c1-5-2-3-6(7(15)4-5)8(10,11)9(12,13)14/h2-4H,1H3. The van der Waals surface area contributed by atoms with Gasteiger partial charge in [-0.1, -0.05) is 17.7 Å². The summed E-state index contributed by atoms with van der Waals surface area (Å²) in [6.45, 7) is 1.62. The van der Waals surface area contributed by atoms with Gasteiger partial charge in [0.1, 0.15) is 0 Å². The molecule has 0 radical (unpaired) electrons. The van der Waals surface area contributed by atoms with Gasteiger partial charge in [-0.25, -0.2) is 0 Å². The fraction of sp³-hybridized carbons (Fsp3) is 0.333. The van der Waals surface area contributed by atoms with E-state index in [0.717, 1.165) is 6.07 Å². The van der Waals surface area contributed by atoms with E-state index >= 15 is 0 Å². The molecule has 0 aliphatic rings. The number of hydrogen-bond acceptors (Lipinski definition) is 0. The first kappa shape index (κ1) is 12.7. The number of rotatable bonds is 1. The molecule has 0 N–H and O–H groups in total. The van der Waals surface area contributed by atoms with E-state index in [4.69, 9.17) is 0 Å². The quantitative estimate of drug-likeness (QED) is 0.531. The van der Waals surface area contributed by atoms with Gasteiger partial charge in [0.25, 0.3) is 0 Å². The molecule has 0 unspecified atom stereocenters. The van der Waals surface area contributed by atoms with Crippen LogP contribution in [0, 0.1) is 10.5 Å². The van der Waals surface area contributed by atoms with Gasteiger partial charge in [0.05, 0.1) is 0 Å². The zero-order valence-corrected chi connectivity index (χ0v) is 9.66. The smallest absolute Gasteiger partial charge is 0.191 e. The van der Waals surface area contributed by atoms with Gasteiger partial charge >= 0.3 is 12.1 Å². The van der Waals surface area contributed by atoms with E-state index in [-0.39, 0.29) is 3.57 Å². The van der Waals surface area contributed by atoms with Crippen molar-refractivity contribution in [2.45, 2.75) is 19.0 Å². The van der Waals surface area contributed by atoms with Crippen LogP contribution in [0.2, 0.25) is 0 Å². The number of alkyl halides is 5. The first-order valence-electron chi connectivity index (χ1n) is 3.87. The minimum Gasteiger partial charge on any atom is -0.191 e. The third-order valence-corrected chi connectivity index (χ3v) is 2.71. The van der Waals surface area contributed by atoms with Gasteiger partial charge in [-0.3, -0.25) is 0 Å². The average Bonchev–Trinajstić information content (AvgIpc) is 2.00. The highest BCUT2D eigenvalue weighted by Gasteiger charge is 2.59. The fourth-order valence-electron chi connectivity index (χ4n) is 1.03. The maximum atomic E-state index is 12.9. The second-order valence-corrected chi connectivity index (χ2v) is 4.22. The van der Waals surface area contributed by atoms with E-state index in [2.05, 4.69) is 0 Å². The summed E-state index contributed by atoms with van der Waals surface area (Å²) in [4.78, 5) is 0. The maximum Gasteiger partial charge on any atom is 0.458 e. The molecule has 0 saturated carbocycles. The predicted molar refractivity (Wildman–Crippen MR) is 53.8 cm³/mol. The van der Waals surface area contributed by atoms with Gasteiger partial charge in [-0.05, 0) is 35.6 Å². The zero-order chi connectivity index (χ0) is 11.9. The molecular weight excluding hydrogens is 330 g/mol. The van der Waals surface area contributed by atoms with E-state index in [1.54, 1.807) is 6.92 Å². The summed E-state index contributed by atoms with van der Waals surface area (Å²) in [6, 6.07) is 3.33. The van der Waals surface area contributed by atoms with Crippen molar-refractivity contribution < 1.29 is 22.0 Å². The van der Waals surface area contributed by atoms with Crippen LogP contribution in [0.3, 0.4) is 0 Å². The third-order valence-electron chi connectivity index (χ3n) is 1.82. The molecule has 1 aromatic carbocycles. The van der Waals surface area contributed by atoms with E-state index in [1.165, 1.54) is 34.7 Å². The highest BCUT2D eigenvalue weighted by Crippen LogP contribution is 2.45. The van der Waals surface area contributed by atoms with Crippen LogP contribution in [0.5, 0.6) is 0 Å². The van der Waals surface area contributed by atoms with Gasteiger partial charge in [-0.15, -0.1) is 0 Å². The van der Waals surface area contributed by atoms with Crippen LogP contribution >= 0.6 is 22.6 Å². The van der Waals surface area contributed by atoms with Crippen LogP contribution in [0.15, 0.2) is 18.2 Å². The summed E-state index contributed by atoms with van der Waals surface area (Å²) in [5, 5.41) is 0. The molecule has 0 saturated heterocycles. The molecule has 0 bridgehead atoms. The first-order valence-corrected chi connectivity index (χ1v) is 4.95. The molecule has 15 heavy (non-hydrogen) atoms. The Morgan fingerprint density at radius 1 is 1.07 bits per heavy atom. The molecule has 1 rings (SSSR count). The first-order chi connectivity index (χ1) is 6.66. The molecule has 6 heteroatoms. The Morgan fingerprint density at radius 2 is 1.60 bits per heavy atom. The van der Waals surface area contributed by atoms with E-state index in [9.17, 15) is 22.0 Å². The molecule has 0 nitrogen and oxygen atoms in total. The summed E-state index contributed by atoms with van der Waals surface area (Å²) < 4.78 is 61.9. The number of benzene rings is 1. The Hall–Kier alpha value is -0.400. The van der Waals surface area contributed by atoms with Crippen LogP contribution in [-0.2, 0) is 5.92 Å². The van der Waals surface area contributed by atoms with Gasteiger partial charge in [0.15, 0.2) is 0 Å². The Balaban J connectivity index is 3.28. The molecule has 0 heterocycles. The van der Waals surface area contributed by atoms with E-state index in [1.807, 2.05) is 0 Å². The topological polar surface area (TPSA) is 0 Å². The van der Waals surface area contributed by atoms with Gasteiger partial charge in [-0.2, -0.15) is 22.0 Å². The maximum absolute atomic E-state index is 12.9. The van der Waals surface area contributed by atoms with E-state index in [0.29, 0.717) is 5.56 Å². The molecule has 0 aromatic heterocycles. The highest BCUT2D eigenvalue weighted by molar-refractivity contribution is 14.1. The Kier molecular flexibility index (Phi) is 3.27. The molecule has 0 fully saturated rings. The molecule has 84 valence electrons. The van der Waals surface area contributed by atoms with Gasteiger partial charge in [0, 0.05) is 9.13 Å². The van der Waals surface area contributed by atoms with Crippen molar-refractivity contribution in [1.82, 2.24) is 0 Å². The van der Waals surface area contributed by atoms with Gasteiger partial charge in [0.2, 0.25) is 0 Å². The summed E-state index contributed by atoms with van der Waals surface area (Å²) in [5.41, 5.74) is -0.359. The average molecular weight is 336 g/mol. The lowest BCUT2D eigenvalue weighted by atomic mass is 10.1. The third kappa shape index (κ3) is 2.40. The SMILES string of the molecule is Cc1ccc(C(F)(F)C(F)(F)F)c(I)c1. The lowest BCUT2D eigenvalue weighted by Crippen LogP contribution is -2.34. The van der Waals surface area contributed by atoms with Crippen LogP contribution < -0.4 is 0 Å². The Bertz CT molecular complexity index is 369. The van der Waals surface area contributed by atoms with Crippen molar-refractivity contribution in [3.63, 3.8) is 0 Å². The summed E-state index contributed by atoms with van der Waals surface area (Å²) in [6.07, 6.45) is -5.55. The number of hydrogen-bond donors (Lipinski definition) is 0. The monoisotopic (exact) mass is 336 g/mol. The van der Waals surface area contributed by atoms with Crippen LogP contribution in [-0.4, -0.2) is 6.18 Å². The lowest BCUT2D eigenvalue weighted by molar-refractivity contribution is -0.289. The second-order valence-electron chi connectivity index (χ2n) is 3.06. The van der Waals surface area contributed by atoms with Crippen LogP contribution in [0.25, 0.3) is 0 Å². The van der Waals surface area contributed by atoms with Crippen molar-refractivity contribution in [2.24, 2.45) is 0 Å². The van der Waals surface area contributed by atoms with Crippen molar-refractivity contribution in [3.8, 4) is 0 Å². The van der Waals surface area contributed by atoms with Crippen molar-refractivity contribution in [1.29, 1.82) is 0 Å². The minimum absolute atomic E-state index is 0.0880. The normalized spacial score (nSPS) is 13.0. The Morgan fingerprint density at radius 3 is 2.00 bits per heavy atom. The Labute approximate surface area is 96.6 Å². The predicted octanol–water partition coefficient (Wildman–Crippen LogP) is 4.25. The van der Waals surface area contributed by atoms with Crippen molar-refractivity contribution in [3.05, 3.63) is 32.9 Å². The summed E-state index contributed by atoms with van der Waals surface area (Å²) in [7, 11) is 0. The molecular formula is C9H6F5I. The van der Waals surface area contributed by atoms with E-state index < -0.39 is 17.7 Å². The van der Waals surface area contributed by atoms with Crippen molar-refractivity contribution >= 4 is 22.6 Å². The van der Waals surface area contributed by atoms with Crippen LogP contribution in [0.4, 0.5) is 22.0 Å². The van der Waals surface area contributed by atoms with Gasteiger partial charge < -0.3 is 0 Å². The lowest BCUT2D eigenvalue weighted by Gasteiger charge is -2.21. The molecule has 0 aliphatic heterocycles. The summed E-state index contributed by atoms with van der Waals surface area (Å²) in [5.74, 6) is -4.79. The number of halogens is 6. The molecule has 0 atom stereocenters. The van der Waals surface area contributed by atoms with Crippen molar-refractivity contribution in [2.75, 3.05) is 0 Å². The number of aryl methyl sites for hydroxylation is 1. The molecule has 0 amide bonds. The largest absolute Gasteiger partial charge is 0.458 e. The highest BCUT2D eigenvalue weighted by atomic mass is 127. The zero-order valence-electron chi connectivity index (χ0n) is 7.50. The molecule has 0 spiro atoms. The van der Waals surface area contributed by atoms with Crippen LogP contribution in [0.1, 0.15) is 11.1 Å². The fourth-order valence-corrected chi connectivity index (χ4v) is 2.04. The summed E-state index contributed by atoms with van der Waals surface area (Å²) >= 11 is 1.47. The molecule has 0 aliphatic carbocycles. The second kappa shape index (κ2) is 3.88.